The summed E-state index contributed by atoms with van der Waals surface area (Å²) in [4.78, 5) is 4.20. The fourth-order valence-electron chi connectivity index (χ4n) is 1.05. The van der Waals surface area contributed by atoms with Crippen molar-refractivity contribution in [2.24, 2.45) is 0 Å². The lowest BCUT2D eigenvalue weighted by Gasteiger charge is -2.13. The van der Waals surface area contributed by atoms with E-state index < -0.39 is 0 Å². The molecule has 1 aromatic rings. The van der Waals surface area contributed by atoms with Crippen LogP contribution in [-0.4, -0.2) is 17.6 Å². The van der Waals surface area contributed by atoms with Crippen LogP contribution in [0.1, 0.15) is 20.8 Å². The van der Waals surface area contributed by atoms with E-state index in [1.165, 1.54) is 0 Å². The van der Waals surface area contributed by atoms with E-state index >= 15 is 0 Å². The van der Waals surface area contributed by atoms with E-state index in [-0.39, 0.29) is 6.10 Å². The molecule has 0 saturated carbocycles. The number of nitrogens with zero attached hydrogens (tertiary/aromatic N) is 1. The Bertz CT molecular complexity index is 342. The predicted molar refractivity (Wildman–Crippen MR) is 64.2 cm³/mol. The Balaban J connectivity index is 3.00. The molecule has 0 aliphatic rings. The van der Waals surface area contributed by atoms with Gasteiger partial charge in [0.25, 0.3) is 0 Å². The van der Waals surface area contributed by atoms with Crippen LogP contribution in [0, 0.1) is 0 Å². The first-order valence-electron chi connectivity index (χ1n) is 4.81. The van der Waals surface area contributed by atoms with Crippen molar-refractivity contribution in [3.63, 3.8) is 0 Å². The van der Waals surface area contributed by atoms with Crippen LogP contribution in [0.5, 0.6) is 5.88 Å². The minimum Gasteiger partial charge on any atom is -0.474 e. The number of ether oxygens (including phenoxy) is 1. The molecule has 0 aliphatic heterocycles. The van der Waals surface area contributed by atoms with Crippen molar-refractivity contribution in [2.45, 2.75) is 26.9 Å². The molecular formula is C10H14Cl2N2O. The molecule has 0 spiro atoms. The first-order chi connectivity index (χ1) is 7.04. The van der Waals surface area contributed by atoms with Gasteiger partial charge in [0.1, 0.15) is 10.8 Å². The molecule has 1 aromatic heterocycles. The molecule has 3 nitrogen and oxygen atoms in total. The number of hydrogen-bond donors (Lipinski definition) is 1. The Kier molecular flexibility index (Phi) is 4.48. The van der Waals surface area contributed by atoms with Crippen LogP contribution in [0.25, 0.3) is 0 Å². The number of aromatic nitrogens is 1. The molecular weight excluding hydrogens is 235 g/mol. The Hall–Kier alpha value is -0.670. The van der Waals surface area contributed by atoms with E-state index in [4.69, 9.17) is 27.9 Å². The fourth-order valence-corrected chi connectivity index (χ4v) is 1.52. The SMILES string of the molecule is CCNc1nc(OC(C)C)c(Cl)cc1Cl. The summed E-state index contributed by atoms with van der Waals surface area (Å²) < 4.78 is 5.45. The summed E-state index contributed by atoms with van der Waals surface area (Å²) in [6.07, 6.45) is 0.0330. The van der Waals surface area contributed by atoms with Crippen molar-refractivity contribution in [1.29, 1.82) is 0 Å². The first kappa shape index (κ1) is 12.4. The first-order valence-corrected chi connectivity index (χ1v) is 5.56. The van der Waals surface area contributed by atoms with E-state index in [9.17, 15) is 0 Å². The van der Waals surface area contributed by atoms with Crippen LogP contribution in [0.15, 0.2) is 6.07 Å². The number of rotatable bonds is 4. The third kappa shape index (κ3) is 3.43. The average Bonchev–Trinajstić information content (AvgIpc) is 2.12. The van der Waals surface area contributed by atoms with Crippen LogP contribution in [0.2, 0.25) is 10.0 Å². The maximum absolute atomic E-state index is 5.95. The molecule has 0 aliphatic carbocycles. The standard InChI is InChI=1S/C10H14Cl2N2O/c1-4-13-9-7(11)5-8(12)10(14-9)15-6(2)3/h5-6H,4H2,1-3H3,(H,13,14). The lowest BCUT2D eigenvalue weighted by atomic mass is 10.4. The summed E-state index contributed by atoms with van der Waals surface area (Å²) in [5.41, 5.74) is 0. The van der Waals surface area contributed by atoms with Gasteiger partial charge in [-0.15, -0.1) is 0 Å². The second kappa shape index (κ2) is 5.42. The van der Waals surface area contributed by atoms with Crippen molar-refractivity contribution in [1.82, 2.24) is 4.98 Å². The number of anilines is 1. The normalized spacial score (nSPS) is 10.5. The maximum Gasteiger partial charge on any atom is 0.234 e. The van der Waals surface area contributed by atoms with Crippen molar-refractivity contribution in [3.05, 3.63) is 16.1 Å². The molecule has 0 aromatic carbocycles. The van der Waals surface area contributed by atoms with Gasteiger partial charge in [-0.25, -0.2) is 0 Å². The summed E-state index contributed by atoms with van der Waals surface area (Å²) in [5, 5.41) is 3.96. The second-order valence-corrected chi connectivity index (χ2v) is 4.12. The molecule has 1 heterocycles. The van der Waals surface area contributed by atoms with Gasteiger partial charge < -0.3 is 10.1 Å². The zero-order valence-corrected chi connectivity index (χ0v) is 10.5. The molecule has 0 fully saturated rings. The smallest absolute Gasteiger partial charge is 0.234 e. The molecule has 0 atom stereocenters. The Morgan fingerprint density at radius 2 is 2.07 bits per heavy atom. The lowest BCUT2D eigenvalue weighted by Crippen LogP contribution is -2.09. The molecule has 0 radical (unpaired) electrons. The van der Waals surface area contributed by atoms with E-state index in [0.717, 1.165) is 6.54 Å². The molecule has 5 heteroatoms. The highest BCUT2D eigenvalue weighted by atomic mass is 35.5. The van der Waals surface area contributed by atoms with Gasteiger partial charge in [0, 0.05) is 6.54 Å². The largest absolute Gasteiger partial charge is 0.474 e. The molecule has 84 valence electrons. The van der Waals surface area contributed by atoms with E-state index in [0.29, 0.717) is 21.7 Å². The number of pyridine rings is 1. The Labute approximate surface area is 99.7 Å². The molecule has 0 unspecified atom stereocenters. The average molecular weight is 249 g/mol. The van der Waals surface area contributed by atoms with Crippen molar-refractivity contribution < 1.29 is 4.74 Å². The van der Waals surface area contributed by atoms with Gasteiger partial charge in [0.2, 0.25) is 5.88 Å². The zero-order chi connectivity index (χ0) is 11.4. The predicted octanol–water partition coefficient (Wildman–Crippen LogP) is 3.61. The summed E-state index contributed by atoms with van der Waals surface area (Å²) in [7, 11) is 0. The minimum absolute atomic E-state index is 0.0330. The molecule has 1 rings (SSSR count). The third-order valence-corrected chi connectivity index (χ3v) is 2.15. The van der Waals surface area contributed by atoms with Crippen LogP contribution in [-0.2, 0) is 0 Å². The summed E-state index contributed by atoms with van der Waals surface area (Å²) in [6, 6.07) is 1.63. The highest BCUT2D eigenvalue weighted by molar-refractivity contribution is 6.36. The zero-order valence-electron chi connectivity index (χ0n) is 8.97. The van der Waals surface area contributed by atoms with Gasteiger partial charge in [0.05, 0.1) is 11.1 Å². The summed E-state index contributed by atoms with van der Waals surface area (Å²) in [5.74, 6) is 1.01. The number of halogens is 2. The molecule has 0 saturated heterocycles. The quantitative estimate of drug-likeness (QED) is 0.885. The van der Waals surface area contributed by atoms with Crippen LogP contribution < -0.4 is 10.1 Å². The highest BCUT2D eigenvalue weighted by Crippen LogP contribution is 2.31. The Morgan fingerprint density at radius 3 is 2.60 bits per heavy atom. The molecule has 15 heavy (non-hydrogen) atoms. The van der Waals surface area contributed by atoms with Gasteiger partial charge in [-0.05, 0) is 26.8 Å². The maximum atomic E-state index is 5.95. The van der Waals surface area contributed by atoms with Crippen LogP contribution >= 0.6 is 23.2 Å². The highest BCUT2D eigenvalue weighted by Gasteiger charge is 2.10. The van der Waals surface area contributed by atoms with Gasteiger partial charge in [-0.1, -0.05) is 23.2 Å². The lowest BCUT2D eigenvalue weighted by molar-refractivity contribution is 0.233. The third-order valence-electron chi connectivity index (χ3n) is 1.59. The minimum atomic E-state index is 0.0330. The monoisotopic (exact) mass is 248 g/mol. The van der Waals surface area contributed by atoms with Crippen LogP contribution in [0.4, 0.5) is 5.82 Å². The van der Waals surface area contributed by atoms with Gasteiger partial charge >= 0.3 is 0 Å². The van der Waals surface area contributed by atoms with Crippen molar-refractivity contribution in [2.75, 3.05) is 11.9 Å². The van der Waals surface area contributed by atoms with E-state index in [2.05, 4.69) is 10.3 Å². The summed E-state index contributed by atoms with van der Waals surface area (Å²) in [6.45, 7) is 6.55. The number of hydrogen-bond acceptors (Lipinski definition) is 3. The molecule has 1 N–H and O–H groups in total. The van der Waals surface area contributed by atoms with Crippen molar-refractivity contribution in [3.8, 4) is 5.88 Å². The van der Waals surface area contributed by atoms with Gasteiger partial charge in [-0.2, -0.15) is 4.98 Å². The second-order valence-electron chi connectivity index (χ2n) is 3.30. The van der Waals surface area contributed by atoms with E-state index in [1.54, 1.807) is 6.07 Å². The molecule has 0 bridgehead atoms. The van der Waals surface area contributed by atoms with Gasteiger partial charge in [0.15, 0.2) is 0 Å². The van der Waals surface area contributed by atoms with Gasteiger partial charge in [-0.3, -0.25) is 0 Å². The van der Waals surface area contributed by atoms with Crippen molar-refractivity contribution >= 4 is 29.0 Å². The fraction of sp³-hybridized carbons (Fsp3) is 0.500. The number of nitrogens with one attached hydrogen (secondary N) is 1. The van der Waals surface area contributed by atoms with E-state index in [1.807, 2.05) is 20.8 Å². The molecule has 0 amide bonds. The topological polar surface area (TPSA) is 34.2 Å². The van der Waals surface area contributed by atoms with Crippen LogP contribution in [0.3, 0.4) is 0 Å². The Morgan fingerprint density at radius 1 is 1.40 bits per heavy atom. The summed E-state index contributed by atoms with van der Waals surface area (Å²) >= 11 is 11.9.